The minimum atomic E-state index is -4.92. The first-order valence-corrected chi connectivity index (χ1v) is 8.14. The van der Waals surface area contributed by atoms with E-state index in [0.29, 0.717) is 11.0 Å². The maximum atomic E-state index is 13.2. The second-order valence-corrected chi connectivity index (χ2v) is 5.93. The molecule has 30 heavy (non-hydrogen) atoms. The number of alkyl halides is 6. The highest BCUT2D eigenvalue weighted by molar-refractivity contribution is 5.71. The van der Waals surface area contributed by atoms with E-state index >= 15 is 0 Å². The fraction of sp³-hybridized carbons (Fsp3) is 0.375. The first-order valence-electron chi connectivity index (χ1n) is 8.14. The van der Waals surface area contributed by atoms with Crippen LogP contribution in [0.25, 0.3) is 4.85 Å². The molecule has 0 unspecified atom stereocenters. The van der Waals surface area contributed by atoms with Crippen LogP contribution in [0.3, 0.4) is 0 Å². The lowest BCUT2D eigenvalue weighted by molar-refractivity contribution is -0.136. The molecular weight excluding hydrogens is 422 g/mol. The average Bonchev–Trinajstić information content (AvgIpc) is 3.05. The van der Waals surface area contributed by atoms with Crippen LogP contribution in [0.15, 0.2) is 22.7 Å². The number of nitrogens with zero attached hydrogens (tertiary/aromatic N) is 4. The molecule has 8 nitrogen and oxygen atoms in total. The van der Waals surface area contributed by atoms with Gasteiger partial charge in [-0.05, 0) is 12.1 Å². The minimum absolute atomic E-state index is 0.00922. The van der Waals surface area contributed by atoms with Crippen LogP contribution in [-0.2, 0) is 19.1 Å². The van der Waals surface area contributed by atoms with Gasteiger partial charge in [0.1, 0.15) is 6.54 Å². The van der Waals surface area contributed by atoms with Crippen LogP contribution in [0, 0.1) is 6.57 Å². The second-order valence-electron chi connectivity index (χ2n) is 5.93. The number of benzene rings is 1. The van der Waals surface area contributed by atoms with Gasteiger partial charge >= 0.3 is 18.4 Å². The molecule has 1 aromatic carbocycles. The quantitative estimate of drug-likeness (QED) is 0.512. The monoisotopic (exact) mass is 436 g/mol. The van der Waals surface area contributed by atoms with Crippen LogP contribution in [0.4, 0.5) is 42.5 Å². The molecule has 2 amide bonds. The second kappa shape index (κ2) is 8.89. The van der Waals surface area contributed by atoms with Gasteiger partial charge in [-0.3, -0.25) is 0 Å². The van der Waals surface area contributed by atoms with E-state index < -0.39 is 48.4 Å². The summed E-state index contributed by atoms with van der Waals surface area (Å²) in [6.07, 6.45) is -9.62. The summed E-state index contributed by atoms with van der Waals surface area (Å²) in [4.78, 5) is 17.8. The molecule has 0 aliphatic rings. The standard InChI is InChI=1S/C16H14F6N6O2/c1-24-11-3-2-9(6-10(11)16(20,21)22)28(8-15(17,18)19)7-12-26-13(30-27-12)4-5-25-14(23)29/h2-3,6H,4-5,7-8H2,(H3,23,25,29). The van der Waals surface area contributed by atoms with Crippen molar-refractivity contribution in [2.45, 2.75) is 25.3 Å². The average molecular weight is 436 g/mol. The molecule has 1 heterocycles. The highest BCUT2D eigenvalue weighted by atomic mass is 19.4. The zero-order valence-corrected chi connectivity index (χ0v) is 15.0. The maximum absolute atomic E-state index is 13.2. The highest BCUT2D eigenvalue weighted by Gasteiger charge is 2.36. The number of amides is 2. The van der Waals surface area contributed by atoms with Gasteiger partial charge < -0.3 is 20.5 Å². The smallest absolute Gasteiger partial charge is 0.355 e. The topological polar surface area (TPSA) is 102 Å². The summed E-state index contributed by atoms with van der Waals surface area (Å²) in [5, 5.41) is 5.76. The zero-order chi connectivity index (χ0) is 22.5. The summed E-state index contributed by atoms with van der Waals surface area (Å²) in [6.45, 7) is 4.65. The molecule has 14 heteroatoms. The number of carbonyl (C=O) groups excluding carboxylic acids is 1. The summed E-state index contributed by atoms with van der Waals surface area (Å²) >= 11 is 0. The summed E-state index contributed by atoms with van der Waals surface area (Å²) in [5.41, 5.74) is 2.38. The summed E-state index contributed by atoms with van der Waals surface area (Å²) in [7, 11) is 0. The normalized spacial score (nSPS) is 11.8. The Morgan fingerprint density at radius 2 is 1.97 bits per heavy atom. The van der Waals surface area contributed by atoms with E-state index in [-0.39, 0.29) is 24.7 Å². The third kappa shape index (κ3) is 6.54. The molecule has 0 aliphatic heterocycles. The SMILES string of the molecule is [C-]#[N+]c1ccc(N(Cc2noc(CCNC(N)=O)n2)CC(F)(F)F)cc1C(F)(F)F. The van der Waals surface area contributed by atoms with Crippen molar-refractivity contribution in [1.82, 2.24) is 15.5 Å². The lowest BCUT2D eigenvalue weighted by Crippen LogP contribution is -2.34. The number of urea groups is 1. The number of hydrogen-bond acceptors (Lipinski definition) is 5. The Balaban J connectivity index is 2.29. The number of carbonyl (C=O) groups is 1. The van der Waals surface area contributed by atoms with Gasteiger partial charge in [-0.25, -0.2) is 9.64 Å². The lowest BCUT2D eigenvalue weighted by atomic mass is 10.1. The predicted molar refractivity (Wildman–Crippen MR) is 90.4 cm³/mol. The number of nitrogens with two attached hydrogens (primary N) is 1. The van der Waals surface area contributed by atoms with Crippen LogP contribution < -0.4 is 16.0 Å². The molecule has 0 atom stereocenters. The first-order chi connectivity index (χ1) is 13.9. The van der Waals surface area contributed by atoms with Gasteiger partial charge in [-0.1, -0.05) is 11.2 Å². The molecule has 0 radical (unpaired) electrons. The van der Waals surface area contributed by atoms with Crippen LogP contribution in [0.5, 0.6) is 0 Å². The summed E-state index contributed by atoms with van der Waals surface area (Å²) < 4.78 is 83.3. The van der Waals surface area contributed by atoms with E-state index in [1.54, 1.807) is 0 Å². The highest BCUT2D eigenvalue weighted by Crippen LogP contribution is 2.39. The van der Waals surface area contributed by atoms with Crippen molar-refractivity contribution < 1.29 is 35.7 Å². The van der Waals surface area contributed by atoms with Crippen LogP contribution in [0.1, 0.15) is 17.3 Å². The van der Waals surface area contributed by atoms with Crippen molar-refractivity contribution >= 4 is 17.4 Å². The Hall–Kier alpha value is -3.50. The summed E-state index contributed by atoms with van der Waals surface area (Å²) in [6, 6.07) is 1.45. The lowest BCUT2D eigenvalue weighted by Gasteiger charge is -2.25. The number of halogens is 6. The minimum Gasteiger partial charge on any atom is -0.355 e. The number of hydrogen-bond donors (Lipinski definition) is 2. The van der Waals surface area contributed by atoms with E-state index in [2.05, 4.69) is 20.3 Å². The van der Waals surface area contributed by atoms with Gasteiger partial charge in [-0.15, -0.1) is 0 Å². The van der Waals surface area contributed by atoms with E-state index in [1.807, 2.05) is 0 Å². The number of aromatic nitrogens is 2. The molecule has 0 aliphatic carbocycles. The predicted octanol–water partition coefficient (Wildman–Crippen LogP) is 3.42. The van der Waals surface area contributed by atoms with Crippen LogP contribution in [-0.4, -0.2) is 35.4 Å². The van der Waals surface area contributed by atoms with Crippen LogP contribution in [0.2, 0.25) is 0 Å². The maximum Gasteiger partial charge on any atom is 0.407 e. The van der Waals surface area contributed by atoms with Crippen molar-refractivity contribution in [2.24, 2.45) is 5.73 Å². The number of rotatable bonds is 7. The third-order valence-electron chi connectivity index (χ3n) is 3.62. The van der Waals surface area contributed by atoms with Crippen molar-refractivity contribution in [1.29, 1.82) is 0 Å². The van der Waals surface area contributed by atoms with Crippen molar-refractivity contribution in [3.63, 3.8) is 0 Å². The van der Waals surface area contributed by atoms with E-state index in [9.17, 15) is 31.1 Å². The molecule has 2 rings (SSSR count). The van der Waals surface area contributed by atoms with Crippen molar-refractivity contribution in [3.8, 4) is 0 Å². The van der Waals surface area contributed by atoms with Gasteiger partial charge in [-0.2, -0.15) is 31.3 Å². The Bertz CT molecular complexity index is 934. The molecule has 1 aromatic heterocycles. The molecule has 0 bridgehead atoms. The largest absolute Gasteiger partial charge is 0.407 e. The van der Waals surface area contributed by atoms with Crippen molar-refractivity contribution in [2.75, 3.05) is 18.0 Å². The molecule has 0 fully saturated rings. The number of primary amides is 1. The first kappa shape index (κ1) is 22.8. The van der Waals surface area contributed by atoms with Gasteiger partial charge in [0, 0.05) is 18.7 Å². The van der Waals surface area contributed by atoms with Gasteiger partial charge in [0.05, 0.1) is 18.7 Å². The van der Waals surface area contributed by atoms with Gasteiger partial charge in [0.25, 0.3) is 0 Å². The fourth-order valence-corrected chi connectivity index (χ4v) is 2.42. The molecule has 2 aromatic rings. The van der Waals surface area contributed by atoms with Crippen molar-refractivity contribution in [3.05, 3.63) is 46.9 Å². The Morgan fingerprint density at radius 3 is 2.53 bits per heavy atom. The molecule has 3 N–H and O–H groups in total. The number of anilines is 1. The number of nitrogens with one attached hydrogen (secondary N) is 1. The fourth-order valence-electron chi connectivity index (χ4n) is 2.42. The Morgan fingerprint density at radius 1 is 1.27 bits per heavy atom. The summed E-state index contributed by atoms with van der Waals surface area (Å²) in [5.74, 6) is -0.221. The van der Waals surface area contributed by atoms with Gasteiger partial charge in [0.15, 0.2) is 11.5 Å². The molecule has 0 saturated carbocycles. The van der Waals surface area contributed by atoms with Gasteiger partial charge in [0.2, 0.25) is 5.89 Å². The Labute approximate surface area is 165 Å². The molecular formula is C16H14F6N6O2. The molecule has 0 saturated heterocycles. The van der Waals surface area contributed by atoms with E-state index in [0.717, 1.165) is 12.1 Å². The van der Waals surface area contributed by atoms with E-state index in [4.69, 9.17) is 16.8 Å². The Kier molecular flexibility index (Phi) is 6.75. The zero-order valence-electron chi connectivity index (χ0n) is 15.0. The molecule has 0 spiro atoms. The third-order valence-corrected chi connectivity index (χ3v) is 3.62. The molecule has 162 valence electrons. The van der Waals surface area contributed by atoms with Crippen LogP contribution >= 0.6 is 0 Å². The van der Waals surface area contributed by atoms with E-state index in [1.165, 1.54) is 0 Å².